The minimum Gasteiger partial charge on any atom is -0.310 e. The summed E-state index contributed by atoms with van der Waals surface area (Å²) in [5.41, 5.74) is 0.951. The lowest BCUT2D eigenvalue weighted by atomic mass is 9.67. The van der Waals surface area contributed by atoms with Crippen LogP contribution < -0.4 is 5.32 Å². The van der Waals surface area contributed by atoms with Crippen molar-refractivity contribution in [1.82, 2.24) is 5.32 Å². The first-order chi connectivity index (χ1) is 8.56. The van der Waals surface area contributed by atoms with Gasteiger partial charge >= 0.3 is 0 Å². The van der Waals surface area contributed by atoms with E-state index < -0.39 is 11.6 Å². The van der Waals surface area contributed by atoms with Gasteiger partial charge in [-0.2, -0.15) is 0 Å². The van der Waals surface area contributed by atoms with Crippen LogP contribution in [-0.2, 0) is 0 Å². The van der Waals surface area contributed by atoms with Crippen molar-refractivity contribution in [3.05, 3.63) is 35.4 Å². The number of hydrogen-bond donors (Lipinski definition) is 1. The number of nitrogens with one attached hydrogen (secondary N) is 1. The van der Waals surface area contributed by atoms with Crippen LogP contribution in [0, 0.1) is 17.0 Å². The Morgan fingerprint density at radius 1 is 1.33 bits per heavy atom. The van der Waals surface area contributed by atoms with Crippen molar-refractivity contribution >= 4 is 0 Å². The quantitative estimate of drug-likeness (QED) is 0.829. The summed E-state index contributed by atoms with van der Waals surface area (Å²) in [5, 5.41) is 3.39. The van der Waals surface area contributed by atoms with Crippen molar-refractivity contribution < 1.29 is 8.78 Å². The molecule has 0 heterocycles. The van der Waals surface area contributed by atoms with E-state index in [2.05, 4.69) is 12.2 Å². The summed E-state index contributed by atoms with van der Waals surface area (Å²) in [6.45, 7) is 5.06. The summed E-state index contributed by atoms with van der Waals surface area (Å²) in [6, 6.07) is 3.72. The van der Waals surface area contributed by atoms with E-state index in [1.165, 1.54) is 37.8 Å². The molecule has 1 aromatic rings. The van der Waals surface area contributed by atoms with Gasteiger partial charge in [-0.25, -0.2) is 8.78 Å². The molecule has 1 aliphatic rings. The number of rotatable bonds is 5. The molecule has 1 aliphatic carbocycles. The van der Waals surface area contributed by atoms with Gasteiger partial charge in [0, 0.05) is 24.2 Å². The number of hydrogen-bond acceptors (Lipinski definition) is 1. The van der Waals surface area contributed by atoms with Gasteiger partial charge in [0.05, 0.1) is 0 Å². The van der Waals surface area contributed by atoms with E-state index in [0.717, 1.165) is 12.6 Å². The molecule has 1 aromatic carbocycles. The van der Waals surface area contributed by atoms with Crippen LogP contribution >= 0.6 is 0 Å². The van der Waals surface area contributed by atoms with E-state index in [1.54, 1.807) is 0 Å². The standard InChI is InChI=1S/C15H21F2N/c1-3-15(7-4-8-15)10-18-11(2)13-6-5-12(16)9-14(13)17/h5-6,9,11,18H,3-4,7-8,10H2,1-2H3. The summed E-state index contributed by atoms with van der Waals surface area (Å²) >= 11 is 0. The highest BCUT2D eigenvalue weighted by Gasteiger charge is 2.35. The second-order valence-corrected chi connectivity index (χ2v) is 5.48. The van der Waals surface area contributed by atoms with E-state index in [-0.39, 0.29) is 6.04 Å². The first kappa shape index (κ1) is 13.5. The molecule has 2 rings (SSSR count). The molecule has 0 bridgehead atoms. The van der Waals surface area contributed by atoms with Crippen molar-refractivity contribution in [1.29, 1.82) is 0 Å². The molecule has 1 fully saturated rings. The largest absolute Gasteiger partial charge is 0.310 e. The number of halogens is 2. The first-order valence-corrected chi connectivity index (χ1v) is 6.75. The van der Waals surface area contributed by atoms with Gasteiger partial charge in [-0.15, -0.1) is 0 Å². The maximum Gasteiger partial charge on any atom is 0.130 e. The highest BCUT2D eigenvalue weighted by Crippen LogP contribution is 2.43. The van der Waals surface area contributed by atoms with Crippen LogP contribution in [0.1, 0.15) is 51.1 Å². The van der Waals surface area contributed by atoms with Crippen molar-refractivity contribution in [2.24, 2.45) is 5.41 Å². The Balaban J connectivity index is 1.97. The van der Waals surface area contributed by atoms with Crippen LogP contribution in [0.5, 0.6) is 0 Å². The zero-order valence-corrected chi connectivity index (χ0v) is 11.1. The lowest BCUT2D eigenvalue weighted by molar-refractivity contribution is 0.120. The van der Waals surface area contributed by atoms with Gasteiger partial charge in [-0.1, -0.05) is 19.4 Å². The summed E-state index contributed by atoms with van der Waals surface area (Å²) in [6.07, 6.45) is 4.98. The molecular weight excluding hydrogens is 232 g/mol. The Morgan fingerprint density at radius 2 is 2.06 bits per heavy atom. The Labute approximate surface area is 108 Å². The fourth-order valence-electron chi connectivity index (χ4n) is 2.66. The van der Waals surface area contributed by atoms with Crippen LogP contribution in [-0.4, -0.2) is 6.54 Å². The third-order valence-corrected chi connectivity index (χ3v) is 4.38. The lowest BCUT2D eigenvalue weighted by Gasteiger charge is -2.42. The fraction of sp³-hybridized carbons (Fsp3) is 0.600. The lowest BCUT2D eigenvalue weighted by Crippen LogP contribution is -2.40. The number of benzene rings is 1. The predicted molar refractivity (Wildman–Crippen MR) is 69.4 cm³/mol. The third-order valence-electron chi connectivity index (χ3n) is 4.38. The zero-order valence-electron chi connectivity index (χ0n) is 11.1. The Kier molecular flexibility index (Phi) is 4.00. The minimum atomic E-state index is -0.521. The second-order valence-electron chi connectivity index (χ2n) is 5.48. The van der Waals surface area contributed by atoms with Crippen LogP contribution in [0.3, 0.4) is 0 Å². The van der Waals surface area contributed by atoms with E-state index in [4.69, 9.17) is 0 Å². The Hall–Kier alpha value is -0.960. The van der Waals surface area contributed by atoms with Crippen LogP contribution in [0.2, 0.25) is 0 Å². The maximum absolute atomic E-state index is 13.6. The van der Waals surface area contributed by atoms with E-state index in [1.807, 2.05) is 6.92 Å². The highest BCUT2D eigenvalue weighted by molar-refractivity contribution is 5.21. The average molecular weight is 253 g/mol. The molecule has 18 heavy (non-hydrogen) atoms. The highest BCUT2D eigenvalue weighted by atomic mass is 19.1. The molecule has 0 aromatic heterocycles. The molecular formula is C15H21F2N. The van der Waals surface area contributed by atoms with Crippen molar-refractivity contribution in [2.45, 2.75) is 45.6 Å². The van der Waals surface area contributed by atoms with Gasteiger partial charge in [-0.05, 0) is 37.7 Å². The monoisotopic (exact) mass is 253 g/mol. The smallest absolute Gasteiger partial charge is 0.130 e. The summed E-state index contributed by atoms with van der Waals surface area (Å²) in [7, 11) is 0. The van der Waals surface area contributed by atoms with Gasteiger partial charge in [0.1, 0.15) is 11.6 Å². The van der Waals surface area contributed by atoms with Crippen LogP contribution in [0.4, 0.5) is 8.78 Å². The van der Waals surface area contributed by atoms with Crippen molar-refractivity contribution in [2.75, 3.05) is 6.54 Å². The molecule has 3 heteroatoms. The molecule has 0 saturated heterocycles. The van der Waals surface area contributed by atoms with Crippen molar-refractivity contribution in [3.8, 4) is 0 Å². The molecule has 0 spiro atoms. The van der Waals surface area contributed by atoms with Gasteiger partial charge in [0.25, 0.3) is 0 Å². The molecule has 0 aliphatic heterocycles. The minimum absolute atomic E-state index is 0.0744. The predicted octanol–water partition coefficient (Wildman–Crippen LogP) is 4.20. The van der Waals surface area contributed by atoms with Gasteiger partial charge in [0.15, 0.2) is 0 Å². The molecule has 0 radical (unpaired) electrons. The third kappa shape index (κ3) is 2.72. The summed E-state index contributed by atoms with van der Waals surface area (Å²) in [5.74, 6) is -0.985. The maximum atomic E-state index is 13.6. The first-order valence-electron chi connectivity index (χ1n) is 6.75. The van der Waals surface area contributed by atoms with Crippen LogP contribution in [0.25, 0.3) is 0 Å². The van der Waals surface area contributed by atoms with Gasteiger partial charge < -0.3 is 5.32 Å². The molecule has 1 unspecified atom stereocenters. The molecule has 0 amide bonds. The Bertz CT molecular complexity index is 407. The topological polar surface area (TPSA) is 12.0 Å². The molecule has 1 atom stereocenters. The summed E-state index contributed by atoms with van der Waals surface area (Å²) in [4.78, 5) is 0. The zero-order chi connectivity index (χ0) is 13.2. The van der Waals surface area contributed by atoms with E-state index in [0.29, 0.717) is 11.0 Å². The fourth-order valence-corrected chi connectivity index (χ4v) is 2.66. The average Bonchev–Trinajstić information content (AvgIpc) is 2.27. The molecule has 100 valence electrons. The van der Waals surface area contributed by atoms with Gasteiger partial charge in [-0.3, -0.25) is 0 Å². The normalized spacial score (nSPS) is 19.3. The van der Waals surface area contributed by atoms with Crippen molar-refractivity contribution in [3.63, 3.8) is 0 Å². The SMILES string of the molecule is CCC1(CNC(C)c2ccc(F)cc2F)CCC1. The Morgan fingerprint density at radius 3 is 2.56 bits per heavy atom. The molecule has 1 nitrogen and oxygen atoms in total. The second kappa shape index (κ2) is 5.35. The van der Waals surface area contributed by atoms with Crippen LogP contribution in [0.15, 0.2) is 18.2 Å². The molecule has 1 N–H and O–H groups in total. The van der Waals surface area contributed by atoms with E-state index in [9.17, 15) is 8.78 Å². The van der Waals surface area contributed by atoms with E-state index >= 15 is 0 Å². The van der Waals surface area contributed by atoms with Gasteiger partial charge in [0.2, 0.25) is 0 Å². The molecule has 1 saturated carbocycles. The summed E-state index contributed by atoms with van der Waals surface area (Å²) < 4.78 is 26.5.